The molecule has 1 amide bonds. The summed E-state index contributed by atoms with van der Waals surface area (Å²) < 4.78 is 0. The largest absolute Gasteiger partial charge is 0.481 e. The summed E-state index contributed by atoms with van der Waals surface area (Å²) >= 11 is 0. The fraction of sp³-hybridized carbons (Fsp3) is 0.846. The maximum Gasteiger partial charge on any atom is 0.308 e. The summed E-state index contributed by atoms with van der Waals surface area (Å²) in [5.41, 5.74) is 5.11. The molecule has 18 heavy (non-hydrogen) atoms. The Morgan fingerprint density at radius 1 is 1.28 bits per heavy atom. The molecule has 5 nitrogen and oxygen atoms in total. The molecule has 1 unspecified atom stereocenters. The summed E-state index contributed by atoms with van der Waals surface area (Å²) in [6.45, 7) is 7.96. The Labute approximate surface area is 109 Å². The first-order valence-corrected chi connectivity index (χ1v) is 6.55. The topological polar surface area (TPSA) is 92.4 Å². The molecule has 0 radical (unpaired) electrons. The van der Waals surface area contributed by atoms with E-state index in [1.165, 1.54) is 0 Å². The smallest absolute Gasteiger partial charge is 0.308 e. The van der Waals surface area contributed by atoms with Crippen molar-refractivity contribution in [2.45, 2.75) is 40.5 Å². The van der Waals surface area contributed by atoms with E-state index < -0.39 is 17.3 Å². The van der Waals surface area contributed by atoms with E-state index in [1.807, 2.05) is 27.7 Å². The number of carboxylic acids is 1. The van der Waals surface area contributed by atoms with E-state index >= 15 is 0 Å². The van der Waals surface area contributed by atoms with Gasteiger partial charge in [0, 0.05) is 13.1 Å². The minimum absolute atomic E-state index is 0.0154. The molecule has 0 aromatic carbocycles. The Balaban J connectivity index is 4.61. The molecule has 0 aliphatic carbocycles. The third-order valence-electron chi connectivity index (χ3n) is 3.83. The van der Waals surface area contributed by atoms with Crippen LogP contribution in [-0.2, 0) is 9.59 Å². The highest BCUT2D eigenvalue weighted by Crippen LogP contribution is 2.25. The van der Waals surface area contributed by atoms with Crippen LogP contribution in [0.4, 0.5) is 0 Å². The first kappa shape index (κ1) is 16.9. The van der Waals surface area contributed by atoms with Crippen molar-refractivity contribution in [2.24, 2.45) is 23.0 Å². The zero-order chi connectivity index (χ0) is 14.3. The van der Waals surface area contributed by atoms with Crippen LogP contribution in [0.15, 0.2) is 0 Å². The predicted molar refractivity (Wildman–Crippen MR) is 71.0 cm³/mol. The van der Waals surface area contributed by atoms with Crippen molar-refractivity contribution < 1.29 is 14.7 Å². The van der Waals surface area contributed by atoms with Crippen LogP contribution < -0.4 is 11.1 Å². The highest BCUT2D eigenvalue weighted by molar-refractivity contribution is 5.83. The normalized spacial score (nSPS) is 13.4. The highest BCUT2D eigenvalue weighted by atomic mass is 16.4. The summed E-state index contributed by atoms with van der Waals surface area (Å²) in [5, 5.41) is 11.8. The Morgan fingerprint density at radius 3 is 2.06 bits per heavy atom. The minimum Gasteiger partial charge on any atom is -0.481 e. The molecule has 0 aliphatic rings. The van der Waals surface area contributed by atoms with Gasteiger partial charge in [-0.2, -0.15) is 0 Å². The molecule has 1 atom stereocenters. The lowest BCUT2D eigenvalue weighted by Gasteiger charge is -2.29. The lowest BCUT2D eigenvalue weighted by molar-refractivity contribution is -0.143. The highest BCUT2D eigenvalue weighted by Gasteiger charge is 2.34. The fourth-order valence-corrected chi connectivity index (χ4v) is 1.95. The molecule has 0 aliphatic heterocycles. The van der Waals surface area contributed by atoms with Crippen LogP contribution in [0.3, 0.4) is 0 Å². The molecule has 0 spiro atoms. The zero-order valence-electron chi connectivity index (χ0n) is 11.8. The van der Waals surface area contributed by atoms with Gasteiger partial charge in [0.25, 0.3) is 0 Å². The second-order valence-corrected chi connectivity index (χ2v) is 5.09. The number of amides is 1. The van der Waals surface area contributed by atoms with Gasteiger partial charge in [0.15, 0.2) is 0 Å². The van der Waals surface area contributed by atoms with Crippen LogP contribution >= 0.6 is 0 Å². The molecule has 0 aromatic heterocycles. The molecule has 0 fully saturated rings. The zero-order valence-corrected chi connectivity index (χ0v) is 11.8. The second-order valence-electron chi connectivity index (χ2n) is 5.09. The Bertz CT molecular complexity index is 278. The number of nitrogens with one attached hydrogen (secondary N) is 1. The number of hydrogen-bond donors (Lipinski definition) is 3. The number of carboxylic acid groups (broad SMARTS) is 1. The number of nitrogens with two attached hydrogens (primary N) is 1. The molecule has 0 rings (SSSR count). The van der Waals surface area contributed by atoms with Crippen molar-refractivity contribution >= 4 is 11.9 Å². The van der Waals surface area contributed by atoms with Gasteiger partial charge in [-0.25, -0.2) is 0 Å². The maximum atomic E-state index is 12.1. The van der Waals surface area contributed by atoms with Gasteiger partial charge in [-0.05, 0) is 18.8 Å². The van der Waals surface area contributed by atoms with E-state index in [1.54, 1.807) is 0 Å². The molecule has 0 saturated heterocycles. The first-order valence-electron chi connectivity index (χ1n) is 6.55. The van der Waals surface area contributed by atoms with Crippen molar-refractivity contribution in [1.82, 2.24) is 5.32 Å². The van der Waals surface area contributed by atoms with Gasteiger partial charge in [0.2, 0.25) is 5.91 Å². The van der Waals surface area contributed by atoms with Crippen molar-refractivity contribution in [2.75, 3.05) is 13.1 Å². The number of aliphatic carboxylic acids is 1. The van der Waals surface area contributed by atoms with E-state index in [-0.39, 0.29) is 24.9 Å². The van der Waals surface area contributed by atoms with Gasteiger partial charge >= 0.3 is 5.97 Å². The lowest BCUT2D eigenvalue weighted by Crippen LogP contribution is -2.47. The maximum absolute atomic E-state index is 12.1. The van der Waals surface area contributed by atoms with E-state index in [0.717, 1.165) is 0 Å². The summed E-state index contributed by atoms with van der Waals surface area (Å²) in [5.74, 6) is -1.59. The van der Waals surface area contributed by atoms with Crippen LogP contribution in [0.5, 0.6) is 0 Å². The predicted octanol–water partition coefficient (Wildman–Crippen LogP) is 1.22. The standard InChI is InChI=1S/C13H26N2O3/c1-5-13(6-2,8-14)12(18)15-7-10(9(3)4)11(16)17/h9-10H,5-8,14H2,1-4H3,(H,15,18)(H,16,17). The SMILES string of the molecule is CCC(CC)(CN)C(=O)NCC(C(=O)O)C(C)C. The quantitative estimate of drug-likeness (QED) is 0.610. The lowest BCUT2D eigenvalue weighted by atomic mass is 9.81. The number of hydrogen-bond acceptors (Lipinski definition) is 3. The van der Waals surface area contributed by atoms with Crippen LogP contribution in [-0.4, -0.2) is 30.1 Å². The Hall–Kier alpha value is -1.10. The van der Waals surface area contributed by atoms with E-state index in [9.17, 15) is 9.59 Å². The van der Waals surface area contributed by atoms with Crippen molar-refractivity contribution in [3.05, 3.63) is 0 Å². The van der Waals surface area contributed by atoms with E-state index in [4.69, 9.17) is 10.8 Å². The van der Waals surface area contributed by atoms with Gasteiger partial charge in [0.05, 0.1) is 11.3 Å². The third kappa shape index (κ3) is 3.98. The van der Waals surface area contributed by atoms with Crippen LogP contribution in [0.1, 0.15) is 40.5 Å². The minimum atomic E-state index is -0.878. The Kier molecular flexibility index (Phi) is 6.91. The van der Waals surface area contributed by atoms with Crippen molar-refractivity contribution in [1.29, 1.82) is 0 Å². The van der Waals surface area contributed by atoms with Crippen molar-refractivity contribution in [3.63, 3.8) is 0 Å². The number of rotatable bonds is 8. The number of carbonyl (C=O) groups excluding carboxylic acids is 1. The molecular formula is C13H26N2O3. The van der Waals surface area contributed by atoms with Crippen LogP contribution in [0.25, 0.3) is 0 Å². The van der Waals surface area contributed by atoms with Gasteiger partial charge in [-0.15, -0.1) is 0 Å². The van der Waals surface area contributed by atoms with Gasteiger partial charge in [-0.3, -0.25) is 9.59 Å². The molecule has 0 bridgehead atoms. The Morgan fingerprint density at radius 2 is 1.78 bits per heavy atom. The summed E-state index contributed by atoms with van der Waals surface area (Å²) in [7, 11) is 0. The molecule has 106 valence electrons. The molecule has 5 heteroatoms. The van der Waals surface area contributed by atoms with E-state index in [0.29, 0.717) is 12.8 Å². The molecule has 0 heterocycles. The monoisotopic (exact) mass is 258 g/mol. The molecular weight excluding hydrogens is 232 g/mol. The second kappa shape index (κ2) is 7.36. The van der Waals surface area contributed by atoms with Gasteiger partial charge in [-0.1, -0.05) is 27.7 Å². The summed E-state index contributed by atoms with van der Waals surface area (Å²) in [6, 6.07) is 0. The van der Waals surface area contributed by atoms with Gasteiger partial charge in [0.1, 0.15) is 0 Å². The van der Waals surface area contributed by atoms with Crippen LogP contribution in [0, 0.1) is 17.3 Å². The van der Waals surface area contributed by atoms with E-state index in [2.05, 4.69) is 5.32 Å². The van der Waals surface area contributed by atoms with Crippen LogP contribution in [0.2, 0.25) is 0 Å². The number of carbonyl (C=O) groups is 2. The third-order valence-corrected chi connectivity index (χ3v) is 3.83. The van der Waals surface area contributed by atoms with Crippen molar-refractivity contribution in [3.8, 4) is 0 Å². The molecule has 4 N–H and O–H groups in total. The van der Waals surface area contributed by atoms with Gasteiger partial charge < -0.3 is 16.2 Å². The summed E-state index contributed by atoms with van der Waals surface area (Å²) in [6.07, 6.45) is 1.32. The molecule has 0 aromatic rings. The summed E-state index contributed by atoms with van der Waals surface area (Å²) in [4.78, 5) is 23.2. The average Bonchev–Trinajstić information content (AvgIpc) is 2.31. The first-order chi connectivity index (χ1) is 8.34. The average molecular weight is 258 g/mol. The molecule has 0 saturated carbocycles. The fourth-order valence-electron chi connectivity index (χ4n) is 1.95.